The van der Waals surface area contributed by atoms with Gasteiger partial charge in [0.25, 0.3) is 5.91 Å². The zero-order valence-electron chi connectivity index (χ0n) is 11.8. The molecule has 0 fully saturated rings. The van der Waals surface area contributed by atoms with Gasteiger partial charge in [-0.05, 0) is 37.1 Å². The summed E-state index contributed by atoms with van der Waals surface area (Å²) in [5, 5.41) is 12.7. The smallest absolute Gasteiger partial charge is 0.287 e. The lowest BCUT2D eigenvalue weighted by Gasteiger charge is -2.07. The van der Waals surface area contributed by atoms with E-state index in [9.17, 15) is 9.90 Å². The van der Waals surface area contributed by atoms with Gasteiger partial charge in [-0.2, -0.15) is 0 Å². The van der Waals surface area contributed by atoms with Crippen molar-refractivity contribution in [1.29, 1.82) is 0 Å². The maximum absolute atomic E-state index is 11.9. The summed E-state index contributed by atoms with van der Waals surface area (Å²) in [5.41, 5.74) is 0.750. The van der Waals surface area contributed by atoms with Gasteiger partial charge in [-0.3, -0.25) is 4.79 Å². The van der Waals surface area contributed by atoms with Gasteiger partial charge in [0.05, 0.1) is 11.1 Å². The van der Waals surface area contributed by atoms with Crippen LogP contribution in [0, 0.1) is 0 Å². The van der Waals surface area contributed by atoms with Crippen LogP contribution in [-0.2, 0) is 0 Å². The highest BCUT2D eigenvalue weighted by molar-refractivity contribution is 6.33. The van der Waals surface area contributed by atoms with Gasteiger partial charge in [0.2, 0.25) is 0 Å². The Morgan fingerprint density at radius 2 is 2.10 bits per heavy atom. The van der Waals surface area contributed by atoms with Crippen LogP contribution in [0.4, 0.5) is 0 Å². The molecule has 1 atom stereocenters. The first-order chi connectivity index (χ1) is 10.1. The van der Waals surface area contributed by atoms with Gasteiger partial charge in [0, 0.05) is 12.1 Å². The summed E-state index contributed by atoms with van der Waals surface area (Å²) in [6, 6.07) is 10.6. The molecule has 0 saturated heterocycles. The number of hydrogen-bond acceptors (Lipinski definition) is 3. The fraction of sp³-hybridized carbons (Fsp3) is 0.312. The van der Waals surface area contributed by atoms with E-state index in [2.05, 4.69) is 5.32 Å². The van der Waals surface area contributed by atoms with Gasteiger partial charge in [0.1, 0.15) is 5.76 Å². The number of furan rings is 1. The first kappa shape index (κ1) is 15.6. The van der Waals surface area contributed by atoms with Gasteiger partial charge in [0.15, 0.2) is 5.76 Å². The summed E-state index contributed by atoms with van der Waals surface area (Å²) in [6.45, 7) is 2.31. The number of amides is 1. The topological polar surface area (TPSA) is 62.5 Å². The number of aliphatic hydroxyl groups excluding tert-OH is 1. The van der Waals surface area contributed by atoms with E-state index in [1.54, 1.807) is 18.2 Å². The largest absolute Gasteiger partial charge is 0.451 e. The third kappa shape index (κ3) is 4.09. The highest BCUT2D eigenvalue weighted by Gasteiger charge is 2.13. The number of carbonyl (C=O) groups excluding carboxylic acids is 1. The molecule has 4 nitrogen and oxygen atoms in total. The molecule has 0 aliphatic heterocycles. The van der Waals surface area contributed by atoms with Crippen LogP contribution in [0.2, 0.25) is 5.02 Å². The SMILES string of the molecule is CCC(O)CCNC(=O)c1ccc(-c2ccccc2Cl)o1. The molecule has 0 aliphatic carbocycles. The first-order valence-corrected chi connectivity index (χ1v) is 7.30. The monoisotopic (exact) mass is 307 g/mol. The number of aliphatic hydroxyl groups is 1. The van der Waals surface area contributed by atoms with Crippen molar-refractivity contribution in [2.75, 3.05) is 6.54 Å². The molecule has 2 rings (SSSR count). The van der Waals surface area contributed by atoms with Crippen molar-refractivity contribution in [3.8, 4) is 11.3 Å². The zero-order valence-corrected chi connectivity index (χ0v) is 12.6. The Morgan fingerprint density at radius 1 is 1.33 bits per heavy atom. The molecule has 21 heavy (non-hydrogen) atoms. The lowest BCUT2D eigenvalue weighted by atomic mass is 10.2. The molecule has 0 bridgehead atoms. The van der Waals surface area contributed by atoms with Gasteiger partial charge >= 0.3 is 0 Å². The van der Waals surface area contributed by atoms with Crippen LogP contribution in [0.5, 0.6) is 0 Å². The summed E-state index contributed by atoms with van der Waals surface area (Å²) in [4.78, 5) is 11.9. The van der Waals surface area contributed by atoms with E-state index in [-0.39, 0.29) is 17.8 Å². The van der Waals surface area contributed by atoms with Crippen molar-refractivity contribution in [1.82, 2.24) is 5.32 Å². The summed E-state index contributed by atoms with van der Waals surface area (Å²) < 4.78 is 5.54. The minimum absolute atomic E-state index is 0.232. The molecular weight excluding hydrogens is 290 g/mol. The molecule has 0 saturated carbocycles. The maximum Gasteiger partial charge on any atom is 0.287 e. The fourth-order valence-electron chi connectivity index (χ4n) is 1.91. The molecule has 2 aromatic rings. The molecule has 1 unspecified atom stereocenters. The minimum Gasteiger partial charge on any atom is -0.451 e. The average Bonchev–Trinajstić information content (AvgIpc) is 2.97. The highest BCUT2D eigenvalue weighted by Crippen LogP contribution is 2.28. The van der Waals surface area contributed by atoms with Gasteiger partial charge in [-0.25, -0.2) is 0 Å². The Balaban J connectivity index is 2.00. The van der Waals surface area contributed by atoms with Crippen LogP contribution < -0.4 is 5.32 Å². The first-order valence-electron chi connectivity index (χ1n) is 6.92. The van der Waals surface area contributed by atoms with E-state index in [1.165, 1.54) is 0 Å². The lowest BCUT2D eigenvalue weighted by Crippen LogP contribution is -2.26. The molecule has 0 radical (unpaired) electrons. The number of rotatable bonds is 6. The average molecular weight is 308 g/mol. The zero-order chi connectivity index (χ0) is 15.2. The summed E-state index contributed by atoms with van der Waals surface area (Å²) in [6.07, 6.45) is 0.814. The summed E-state index contributed by atoms with van der Waals surface area (Å²) in [5.74, 6) is 0.492. The third-order valence-electron chi connectivity index (χ3n) is 3.20. The second-order valence-corrected chi connectivity index (χ2v) is 5.16. The highest BCUT2D eigenvalue weighted by atomic mass is 35.5. The molecule has 1 aromatic carbocycles. The molecule has 112 valence electrons. The van der Waals surface area contributed by atoms with Crippen molar-refractivity contribution in [2.45, 2.75) is 25.9 Å². The van der Waals surface area contributed by atoms with E-state index >= 15 is 0 Å². The Kier molecular flexibility index (Phi) is 5.42. The van der Waals surface area contributed by atoms with Crippen LogP contribution >= 0.6 is 11.6 Å². The van der Waals surface area contributed by atoms with Crippen LogP contribution in [0.1, 0.15) is 30.3 Å². The Labute approximate surface area is 128 Å². The van der Waals surface area contributed by atoms with Crippen molar-refractivity contribution < 1.29 is 14.3 Å². The van der Waals surface area contributed by atoms with E-state index in [1.807, 2.05) is 25.1 Å². The van der Waals surface area contributed by atoms with Crippen molar-refractivity contribution in [3.05, 3.63) is 47.2 Å². The van der Waals surface area contributed by atoms with Gasteiger partial charge in [-0.1, -0.05) is 30.7 Å². The second-order valence-electron chi connectivity index (χ2n) is 4.75. The number of hydrogen-bond donors (Lipinski definition) is 2. The number of benzene rings is 1. The second kappa shape index (κ2) is 7.29. The predicted molar refractivity (Wildman–Crippen MR) is 82.4 cm³/mol. The molecule has 1 amide bonds. The normalized spacial score (nSPS) is 12.1. The minimum atomic E-state index is -0.388. The molecule has 2 N–H and O–H groups in total. The summed E-state index contributed by atoms with van der Waals surface area (Å²) >= 11 is 6.09. The molecule has 1 heterocycles. The van der Waals surface area contributed by atoms with Gasteiger partial charge < -0.3 is 14.8 Å². The Morgan fingerprint density at radius 3 is 2.81 bits per heavy atom. The standard InChI is InChI=1S/C16H18ClNO3/c1-2-11(19)9-10-18-16(20)15-8-7-14(21-15)12-5-3-4-6-13(12)17/h3-8,11,19H,2,9-10H2,1H3,(H,18,20). The van der Waals surface area contributed by atoms with Crippen molar-refractivity contribution in [2.24, 2.45) is 0 Å². The van der Waals surface area contributed by atoms with Crippen LogP contribution in [0.15, 0.2) is 40.8 Å². The number of nitrogens with one attached hydrogen (secondary N) is 1. The fourth-order valence-corrected chi connectivity index (χ4v) is 2.14. The third-order valence-corrected chi connectivity index (χ3v) is 3.53. The predicted octanol–water partition coefficient (Wildman–Crippen LogP) is 3.49. The van der Waals surface area contributed by atoms with Gasteiger partial charge in [-0.15, -0.1) is 0 Å². The Hall–Kier alpha value is -1.78. The quantitative estimate of drug-likeness (QED) is 0.858. The number of halogens is 1. The number of carbonyl (C=O) groups is 1. The van der Waals surface area contributed by atoms with E-state index in [4.69, 9.17) is 16.0 Å². The lowest BCUT2D eigenvalue weighted by molar-refractivity contribution is 0.0915. The van der Waals surface area contributed by atoms with Crippen molar-refractivity contribution >= 4 is 17.5 Å². The van der Waals surface area contributed by atoms with Crippen LogP contribution in [-0.4, -0.2) is 23.7 Å². The maximum atomic E-state index is 11.9. The van der Waals surface area contributed by atoms with E-state index in [0.29, 0.717) is 30.2 Å². The van der Waals surface area contributed by atoms with Crippen LogP contribution in [0.3, 0.4) is 0 Å². The van der Waals surface area contributed by atoms with Crippen molar-refractivity contribution in [3.63, 3.8) is 0 Å². The summed E-state index contributed by atoms with van der Waals surface area (Å²) in [7, 11) is 0. The van der Waals surface area contributed by atoms with Crippen LogP contribution in [0.25, 0.3) is 11.3 Å². The molecule has 1 aromatic heterocycles. The molecular formula is C16H18ClNO3. The van der Waals surface area contributed by atoms with E-state index < -0.39 is 0 Å². The van der Waals surface area contributed by atoms with E-state index in [0.717, 1.165) is 5.56 Å². The molecule has 5 heteroatoms. The Bertz CT molecular complexity index is 609. The molecule has 0 aliphatic rings. The molecule has 0 spiro atoms.